The smallest absolute Gasteiger partial charge is 0.203 e. The van der Waals surface area contributed by atoms with Crippen molar-refractivity contribution in [1.82, 2.24) is 19.5 Å². The van der Waals surface area contributed by atoms with Crippen LogP contribution in [0.1, 0.15) is 6.92 Å². The zero-order valence-corrected chi connectivity index (χ0v) is 18.5. The van der Waals surface area contributed by atoms with Crippen molar-refractivity contribution in [2.75, 3.05) is 21.3 Å². The Morgan fingerprint density at radius 1 is 0.906 bits per heavy atom. The third kappa shape index (κ3) is 3.13. The predicted molar refractivity (Wildman–Crippen MR) is 126 cm³/mol. The number of pyridine rings is 1. The molecule has 7 heteroatoms. The summed E-state index contributed by atoms with van der Waals surface area (Å²) in [4.78, 5) is 13.0. The number of methoxy groups -OCH3 is 3. The third-order valence-corrected chi connectivity index (χ3v) is 5.72. The molecule has 1 N–H and O–H groups in total. The van der Waals surface area contributed by atoms with Gasteiger partial charge in [-0.1, -0.05) is 0 Å². The van der Waals surface area contributed by atoms with Crippen LogP contribution in [0.5, 0.6) is 17.2 Å². The van der Waals surface area contributed by atoms with Crippen molar-refractivity contribution in [2.45, 2.75) is 13.5 Å². The Hall–Kier alpha value is -4.00. The number of nitrogens with zero attached hydrogens (tertiary/aromatic N) is 3. The van der Waals surface area contributed by atoms with Crippen molar-refractivity contribution in [1.29, 1.82) is 0 Å². The number of hydrogen-bond acceptors (Lipinski definition) is 5. The molecule has 0 aliphatic carbocycles. The number of aryl methyl sites for hydroxylation is 1. The molecule has 0 spiro atoms. The van der Waals surface area contributed by atoms with E-state index in [0.29, 0.717) is 17.2 Å². The predicted octanol–water partition coefficient (Wildman–Crippen LogP) is 5.29. The van der Waals surface area contributed by atoms with Gasteiger partial charge in [-0.2, -0.15) is 0 Å². The Morgan fingerprint density at radius 3 is 2.38 bits per heavy atom. The fraction of sp³-hybridized carbons (Fsp3) is 0.200. The Balaban J connectivity index is 1.65. The van der Waals surface area contributed by atoms with E-state index in [1.807, 2.05) is 18.2 Å². The second kappa shape index (κ2) is 7.92. The van der Waals surface area contributed by atoms with E-state index >= 15 is 0 Å². The molecule has 5 aromatic rings. The van der Waals surface area contributed by atoms with Crippen molar-refractivity contribution >= 4 is 21.9 Å². The van der Waals surface area contributed by atoms with Crippen LogP contribution in [0, 0.1) is 0 Å². The molecule has 0 aliphatic rings. The third-order valence-electron chi connectivity index (χ3n) is 5.72. The summed E-state index contributed by atoms with van der Waals surface area (Å²) in [5, 5.41) is 1.19. The first-order chi connectivity index (χ1) is 15.7. The van der Waals surface area contributed by atoms with Crippen LogP contribution in [0.15, 0.2) is 54.9 Å². The lowest BCUT2D eigenvalue weighted by Crippen LogP contribution is -1.96. The van der Waals surface area contributed by atoms with Gasteiger partial charge in [0, 0.05) is 41.0 Å². The van der Waals surface area contributed by atoms with Gasteiger partial charge in [-0.3, -0.25) is 4.98 Å². The maximum Gasteiger partial charge on any atom is 0.203 e. The molecule has 32 heavy (non-hydrogen) atoms. The van der Waals surface area contributed by atoms with Gasteiger partial charge in [0.1, 0.15) is 11.3 Å². The molecular weight excluding hydrogens is 404 g/mol. The van der Waals surface area contributed by atoms with Crippen molar-refractivity contribution in [3.05, 3.63) is 54.9 Å². The fourth-order valence-electron chi connectivity index (χ4n) is 4.12. The highest BCUT2D eigenvalue weighted by molar-refractivity contribution is 5.93. The van der Waals surface area contributed by atoms with E-state index in [2.05, 4.69) is 51.9 Å². The lowest BCUT2D eigenvalue weighted by molar-refractivity contribution is 0.324. The zero-order chi connectivity index (χ0) is 22.2. The summed E-state index contributed by atoms with van der Waals surface area (Å²) in [7, 11) is 4.79. The summed E-state index contributed by atoms with van der Waals surface area (Å²) in [6.07, 6.45) is 3.88. The summed E-state index contributed by atoms with van der Waals surface area (Å²) in [6, 6.07) is 14.2. The van der Waals surface area contributed by atoms with E-state index in [0.717, 1.165) is 40.2 Å². The average Bonchev–Trinajstić information content (AvgIpc) is 3.46. The molecule has 3 aromatic heterocycles. The minimum absolute atomic E-state index is 0.543. The van der Waals surface area contributed by atoms with Crippen LogP contribution in [0.25, 0.3) is 44.6 Å². The minimum Gasteiger partial charge on any atom is -0.493 e. The fourth-order valence-corrected chi connectivity index (χ4v) is 4.12. The molecule has 7 nitrogen and oxygen atoms in total. The maximum absolute atomic E-state index is 5.52. The molecule has 5 rings (SSSR count). The van der Waals surface area contributed by atoms with E-state index < -0.39 is 0 Å². The van der Waals surface area contributed by atoms with E-state index in [9.17, 15) is 0 Å². The number of nitrogens with one attached hydrogen (secondary N) is 1. The molecule has 0 saturated heterocycles. The minimum atomic E-state index is 0.543. The van der Waals surface area contributed by atoms with E-state index in [-0.39, 0.29) is 0 Å². The second-order valence-electron chi connectivity index (χ2n) is 7.43. The lowest BCUT2D eigenvalue weighted by Gasteiger charge is -2.14. The number of fused-ring (bicyclic) bond motifs is 2. The average molecular weight is 428 g/mol. The molecule has 0 amide bonds. The van der Waals surface area contributed by atoms with Crippen LogP contribution in [-0.2, 0) is 6.54 Å². The van der Waals surface area contributed by atoms with Gasteiger partial charge in [0.05, 0.1) is 32.5 Å². The summed E-state index contributed by atoms with van der Waals surface area (Å²) in [5.74, 6) is 2.48. The first kappa shape index (κ1) is 19.9. The SMILES string of the molecule is CCn1ccc2cc(-c3nc4c(-c5cc(OC)c(OC)c(OC)c5)nccc4[nH]3)ccc21. The number of aromatic amines is 1. The summed E-state index contributed by atoms with van der Waals surface area (Å²) < 4.78 is 18.7. The standard InChI is InChI=1S/C25H24N4O3/c1-5-29-11-9-15-12-16(6-7-19(15)29)25-27-18-8-10-26-22(23(18)28-25)17-13-20(30-2)24(32-4)21(14-17)31-3/h6-14H,5H2,1-4H3,(H,27,28). The van der Waals surface area contributed by atoms with Gasteiger partial charge in [0.15, 0.2) is 11.5 Å². The zero-order valence-electron chi connectivity index (χ0n) is 18.5. The maximum atomic E-state index is 5.52. The molecule has 3 heterocycles. The number of rotatable bonds is 6. The summed E-state index contributed by atoms with van der Waals surface area (Å²) in [5.41, 5.74) is 5.50. The second-order valence-corrected chi connectivity index (χ2v) is 7.43. The van der Waals surface area contributed by atoms with Crippen molar-refractivity contribution in [3.8, 4) is 39.9 Å². The Labute approximate surface area is 185 Å². The molecule has 0 unspecified atom stereocenters. The largest absolute Gasteiger partial charge is 0.493 e. The number of hydrogen-bond donors (Lipinski definition) is 1. The number of aromatic nitrogens is 4. The van der Waals surface area contributed by atoms with Gasteiger partial charge in [-0.25, -0.2) is 4.98 Å². The number of H-pyrrole nitrogens is 1. The highest BCUT2D eigenvalue weighted by atomic mass is 16.5. The van der Waals surface area contributed by atoms with E-state index in [1.165, 1.54) is 10.9 Å². The Morgan fingerprint density at radius 2 is 1.69 bits per heavy atom. The molecule has 0 radical (unpaired) electrons. The highest BCUT2D eigenvalue weighted by Gasteiger charge is 2.18. The quantitative estimate of drug-likeness (QED) is 0.398. The van der Waals surface area contributed by atoms with Crippen molar-refractivity contribution < 1.29 is 14.2 Å². The van der Waals surface area contributed by atoms with Crippen LogP contribution in [0.3, 0.4) is 0 Å². The number of benzene rings is 2. The van der Waals surface area contributed by atoms with E-state index in [1.54, 1.807) is 27.5 Å². The number of ether oxygens (including phenoxy) is 3. The molecule has 162 valence electrons. The topological polar surface area (TPSA) is 74.2 Å². The molecule has 2 aromatic carbocycles. The summed E-state index contributed by atoms with van der Waals surface area (Å²) in [6.45, 7) is 3.08. The van der Waals surface area contributed by atoms with Crippen LogP contribution < -0.4 is 14.2 Å². The van der Waals surface area contributed by atoms with Crippen LogP contribution in [0.4, 0.5) is 0 Å². The van der Waals surface area contributed by atoms with Crippen molar-refractivity contribution in [3.63, 3.8) is 0 Å². The Kier molecular flexibility index (Phi) is 4.93. The first-order valence-electron chi connectivity index (χ1n) is 10.4. The molecule has 0 fully saturated rings. The van der Waals surface area contributed by atoms with Gasteiger partial charge in [-0.15, -0.1) is 0 Å². The van der Waals surface area contributed by atoms with Gasteiger partial charge < -0.3 is 23.8 Å². The summed E-state index contributed by atoms with van der Waals surface area (Å²) >= 11 is 0. The van der Waals surface area contributed by atoms with Gasteiger partial charge in [-0.05, 0) is 49.4 Å². The van der Waals surface area contributed by atoms with Gasteiger partial charge in [0.25, 0.3) is 0 Å². The highest BCUT2D eigenvalue weighted by Crippen LogP contribution is 2.42. The van der Waals surface area contributed by atoms with E-state index in [4.69, 9.17) is 19.2 Å². The molecule has 0 aliphatic heterocycles. The van der Waals surface area contributed by atoms with Crippen LogP contribution >= 0.6 is 0 Å². The molecule has 0 bridgehead atoms. The normalized spacial score (nSPS) is 11.2. The number of imidazole rings is 1. The monoisotopic (exact) mass is 428 g/mol. The molecule has 0 atom stereocenters. The van der Waals surface area contributed by atoms with Gasteiger partial charge in [0.2, 0.25) is 5.75 Å². The van der Waals surface area contributed by atoms with Crippen LogP contribution in [0.2, 0.25) is 0 Å². The molecular formula is C25H24N4O3. The molecule has 0 saturated carbocycles. The van der Waals surface area contributed by atoms with Crippen molar-refractivity contribution in [2.24, 2.45) is 0 Å². The first-order valence-corrected chi connectivity index (χ1v) is 10.4. The lowest BCUT2D eigenvalue weighted by atomic mass is 10.1. The van der Waals surface area contributed by atoms with Crippen LogP contribution in [-0.4, -0.2) is 40.8 Å². The Bertz CT molecular complexity index is 1410. The van der Waals surface area contributed by atoms with Gasteiger partial charge >= 0.3 is 0 Å².